The molecule has 0 aliphatic carbocycles. The lowest BCUT2D eigenvalue weighted by Crippen LogP contribution is -2.11. The van der Waals surface area contributed by atoms with Crippen molar-refractivity contribution in [2.75, 3.05) is 11.6 Å². The van der Waals surface area contributed by atoms with Crippen LogP contribution in [0, 0.1) is 6.92 Å². The Morgan fingerprint density at radius 1 is 0.950 bits per heavy atom. The van der Waals surface area contributed by atoms with E-state index in [-0.39, 0.29) is 10.8 Å². The third kappa shape index (κ3) is 3.45. The van der Waals surface area contributed by atoms with E-state index in [2.05, 4.69) is 5.32 Å². The molecule has 0 aliphatic rings. The number of hydrogen-bond donors (Lipinski definition) is 1. The number of carbonyl (C=O) groups excluding carboxylic acids is 1. The predicted molar refractivity (Wildman–Crippen MR) is 78.7 cm³/mol. The molecule has 0 atom stereocenters. The molecule has 4 nitrogen and oxygen atoms in total. The van der Waals surface area contributed by atoms with E-state index in [0.29, 0.717) is 11.3 Å². The SMILES string of the molecule is Cc1ccc(C(=O)Nc2ccc(S(C)(=O)=O)cc2)cc1. The van der Waals surface area contributed by atoms with E-state index in [1.807, 2.05) is 19.1 Å². The number of sulfone groups is 1. The minimum atomic E-state index is -3.22. The zero-order chi connectivity index (χ0) is 14.8. The molecule has 0 fully saturated rings. The topological polar surface area (TPSA) is 63.2 Å². The van der Waals surface area contributed by atoms with Crippen molar-refractivity contribution in [3.8, 4) is 0 Å². The lowest BCUT2D eigenvalue weighted by Gasteiger charge is -2.06. The Morgan fingerprint density at radius 2 is 1.50 bits per heavy atom. The highest BCUT2D eigenvalue weighted by Gasteiger charge is 2.08. The first-order valence-electron chi connectivity index (χ1n) is 6.04. The van der Waals surface area contributed by atoms with Crippen LogP contribution in [0.3, 0.4) is 0 Å². The van der Waals surface area contributed by atoms with Crippen molar-refractivity contribution >= 4 is 21.4 Å². The minimum Gasteiger partial charge on any atom is -0.322 e. The molecule has 0 heterocycles. The van der Waals surface area contributed by atoms with Gasteiger partial charge in [-0.1, -0.05) is 17.7 Å². The first-order chi connectivity index (χ1) is 9.36. The Kier molecular flexibility index (Phi) is 3.90. The van der Waals surface area contributed by atoms with E-state index >= 15 is 0 Å². The van der Waals surface area contributed by atoms with E-state index in [9.17, 15) is 13.2 Å². The number of anilines is 1. The predicted octanol–water partition coefficient (Wildman–Crippen LogP) is 2.65. The third-order valence-electron chi connectivity index (χ3n) is 2.85. The van der Waals surface area contributed by atoms with E-state index in [1.54, 1.807) is 24.3 Å². The maximum atomic E-state index is 12.0. The van der Waals surface area contributed by atoms with Gasteiger partial charge in [0.25, 0.3) is 5.91 Å². The van der Waals surface area contributed by atoms with Gasteiger partial charge >= 0.3 is 0 Å². The second-order valence-corrected chi connectivity index (χ2v) is 6.63. The van der Waals surface area contributed by atoms with Crippen molar-refractivity contribution < 1.29 is 13.2 Å². The molecule has 104 valence electrons. The molecule has 1 amide bonds. The van der Waals surface area contributed by atoms with Crippen LogP contribution in [-0.4, -0.2) is 20.6 Å². The summed E-state index contributed by atoms with van der Waals surface area (Å²) in [6, 6.07) is 13.3. The Morgan fingerprint density at radius 3 is 2.00 bits per heavy atom. The van der Waals surface area contributed by atoms with E-state index in [4.69, 9.17) is 0 Å². The second-order valence-electron chi connectivity index (χ2n) is 4.62. The molecule has 5 heteroatoms. The number of amides is 1. The van der Waals surface area contributed by atoms with Crippen LogP contribution in [0.25, 0.3) is 0 Å². The lowest BCUT2D eigenvalue weighted by molar-refractivity contribution is 0.102. The van der Waals surface area contributed by atoms with Gasteiger partial charge in [-0.15, -0.1) is 0 Å². The number of hydrogen-bond acceptors (Lipinski definition) is 3. The van der Waals surface area contributed by atoms with Gasteiger partial charge in [0.05, 0.1) is 4.90 Å². The van der Waals surface area contributed by atoms with Gasteiger partial charge in [0.2, 0.25) is 0 Å². The molecule has 0 aromatic heterocycles. The van der Waals surface area contributed by atoms with Gasteiger partial charge in [-0.05, 0) is 43.3 Å². The minimum absolute atomic E-state index is 0.225. The maximum Gasteiger partial charge on any atom is 0.255 e. The quantitative estimate of drug-likeness (QED) is 0.944. The number of aryl methyl sites for hydroxylation is 1. The first kappa shape index (κ1) is 14.3. The number of carbonyl (C=O) groups is 1. The van der Waals surface area contributed by atoms with Gasteiger partial charge < -0.3 is 5.32 Å². The van der Waals surface area contributed by atoms with Crippen molar-refractivity contribution in [3.05, 3.63) is 59.7 Å². The Bertz CT molecular complexity index is 717. The van der Waals surface area contributed by atoms with E-state index in [1.165, 1.54) is 12.1 Å². The van der Waals surface area contributed by atoms with Crippen LogP contribution in [0.5, 0.6) is 0 Å². The Labute approximate surface area is 118 Å². The highest BCUT2D eigenvalue weighted by Crippen LogP contribution is 2.15. The summed E-state index contributed by atoms with van der Waals surface area (Å²) < 4.78 is 22.7. The number of benzene rings is 2. The van der Waals surface area contributed by atoms with Crippen LogP contribution in [0.1, 0.15) is 15.9 Å². The molecule has 1 N–H and O–H groups in total. The average molecular weight is 289 g/mol. The van der Waals surface area contributed by atoms with Gasteiger partial charge in [-0.3, -0.25) is 4.79 Å². The summed E-state index contributed by atoms with van der Waals surface area (Å²) in [5, 5.41) is 2.72. The Hall–Kier alpha value is -2.14. The standard InChI is InChI=1S/C15H15NO3S/c1-11-3-5-12(6-4-11)15(17)16-13-7-9-14(10-8-13)20(2,18)19/h3-10H,1-2H3,(H,16,17). The van der Waals surface area contributed by atoms with Crippen molar-refractivity contribution in [2.45, 2.75) is 11.8 Å². The van der Waals surface area contributed by atoms with Crippen LogP contribution < -0.4 is 5.32 Å². The highest BCUT2D eigenvalue weighted by molar-refractivity contribution is 7.90. The molecule has 0 bridgehead atoms. The van der Waals surface area contributed by atoms with Crippen LogP contribution in [0.15, 0.2) is 53.4 Å². The van der Waals surface area contributed by atoms with Crippen molar-refractivity contribution in [2.24, 2.45) is 0 Å². The van der Waals surface area contributed by atoms with Crippen molar-refractivity contribution in [1.82, 2.24) is 0 Å². The normalized spacial score (nSPS) is 11.1. The summed E-state index contributed by atoms with van der Waals surface area (Å²) in [7, 11) is -3.22. The first-order valence-corrected chi connectivity index (χ1v) is 7.93. The molecule has 0 unspecified atom stereocenters. The van der Waals surface area contributed by atoms with E-state index in [0.717, 1.165) is 11.8 Å². The summed E-state index contributed by atoms with van der Waals surface area (Å²) in [4.78, 5) is 12.2. The van der Waals surface area contributed by atoms with Crippen molar-refractivity contribution in [3.63, 3.8) is 0 Å². The van der Waals surface area contributed by atoms with Crippen LogP contribution >= 0.6 is 0 Å². The fraction of sp³-hybridized carbons (Fsp3) is 0.133. The van der Waals surface area contributed by atoms with Gasteiger partial charge in [0.15, 0.2) is 9.84 Å². The van der Waals surface area contributed by atoms with Crippen LogP contribution in [-0.2, 0) is 9.84 Å². The fourth-order valence-corrected chi connectivity index (χ4v) is 2.32. The summed E-state index contributed by atoms with van der Waals surface area (Å²) in [5.74, 6) is -0.225. The largest absolute Gasteiger partial charge is 0.322 e. The summed E-state index contributed by atoms with van der Waals surface area (Å²) in [6.45, 7) is 1.95. The maximum absolute atomic E-state index is 12.0. The summed E-state index contributed by atoms with van der Waals surface area (Å²) in [5.41, 5.74) is 2.20. The molecule has 2 aromatic carbocycles. The second kappa shape index (κ2) is 5.46. The van der Waals surface area contributed by atoms with E-state index < -0.39 is 9.84 Å². The molecule has 0 saturated heterocycles. The molecule has 0 aliphatic heterocycles. The van der Waals surface area contributed by atoms with Crippen molar-refractivity contribution in [1.29, 1.82) is 0 Å². The molecule has 0 saturated carbocycles. The molecule has 2 aromatic rings. The highest BCUT2D eigenvalue weighted by atomic mass is 32.2. The number of nitrogens with one attached hydrogen (secondary N) is 1. The fourth-order valence-electron chi connectivity index (χ4n) is 1.69. The monoisotopic (exact) mass is 289 g/mol. The zero-order valence-electron chi connectivity index (χ0n) is 11.3. The van der Waals surface area contributed by atoms with Gasteiger partial charge in [0.1, 0.15) is 0 Å². The molecular formula is C15H15NO3S. The number of rotatable bonds is 3. The Balaban J connectivity index is 2.14. The summed E-state index contributed by atoms with van der Waals surface area (Å²) in [6.07, 6.45) is 1.15. The van der Waals surface area contributed by atoms with Crippen LogP contribution in [0.4, 0.5) is 5.69 Å². The average Bonchev–Trinajstić information content (AvgIpc) is 2.39. The molecule has 0 radical (unpaired) electrons. The van der Waals surface area contributed by atoms with Gasteiger partial charge in [-0.25, -0.2) is 8.42 Å². The lowest BCUT2D eigenvalue weighted by atomic mass is 10.1. The summed E-state index contributed by atoms with van der Waals surface area (Å²) >= 11 is 0. The molecule has 2 rings (SSSR count). The van der Waals surface area contributed by atoms with Crippen LogP contribution in [0.2, 0.25) is 0 Å². The molecular weight excluding hydrogens is 274 g/mol. The van der Waals surface area contributed by atoms with Gasteiger partial charge in [0, 0.05) is 17.5 Å². The van der Waals surface area contributed by atoms with Gasteiger partial charge in [-0.2, -0.15) is 0 Å². The smallest absolute Gasteiger partial charge is 0.255 e. The zero-order valence-corrected chi connectivity index (χ0v) is 12.1. The molecule has 20 heavy (non-hydrogen) atoms. The third-order valence-corrected chi connectivity index (χ3v) is 3.98. The molecule has 0 spiro atoms.